The monoisotopic (exact) mass is 546 g/mol. The third-order valence-electron chi connectivity index (χ3n) is 6.15. The smallest absolute Gasteiger partial charge is 0.111 e. The van der Waals surface area contributed by atoms with E-state index in [0.717, 1.165) is 71.3 Å². The van der Waals surface area contributed by atoms with Crippen LogP contribution in [0.5, 0.6) is 0 Å². The Kier molecular flexibility index (Phi) is 9.72. The van der Waals surface area contributed by atoms with Crippen LogP contribution >= 0.6 is 47.6 Å². The van der Waals surface area contributed by atoms with Crippen molar-refractivity contribution in [2.24, 2.45) is 5.92 Å². The summed E-state index contributed by atoms with van der Waals surface area (Å²) in [7, 11) is 0. The van der Waals surface area contributed by atoms with Crippen LogP contribution in [-0.4, -0.2) is 54.3 Å². The summed E-state index contributed by atoms with van der Waals surface area (Å²) in [6, 6.07) is 15.5. The lowest BCUT2D eigenvalue weighted by Crippen LogP contribution is -2.40. The molecule has 0 aliphatic carbocycles. The van der Waals surface area contributed by atoms with E-state index in [4.69, 9.17) is 57.1 Å². The normalized spacial score (nSPS) is 17.8. The molecule has 184 valence electrons. The fourth-order valence-corrected chi connectivity index (χ4v) is 5.17. The van der Waals surface area contributed by atoms with E-state index in [1.807, 2.05) is 60.9 Å². The summed E-state index contributed by atoms with van der Waals surface area (Å²) in [5, 5.41) is 4.78. The van der Waals surface area contributed by atoms with Crippen molar-refractivity contribution >= 4 is 68.6 Å². The van der Waals surface area contributed by atoms with Crippen LogP contribution < -0.4 is 5.32 Å². The van der Waals surface area contributed by atoms with Gasteiger partial charge in [0.15, 0.2) is 0 Å². The number of benzene rings is 2. The minimum absolute atomic E-state index is 0.302. The molecule has 2 saturated heterocycles. The van der Waals surface area contributed by atoms with Crippen LogP contribution in [0.25, 0.3) is 11.1 Å². The van der Waals surface area contributed by atoms with Crippen LogP contribution in [-0.2, 0) is 9.47 Å². The van der Waals surface area contributed by atoms with Gasteiger partial charge in [0.2, 0.25) is 0 Å². The van der Waals surface area contributed by atoms with E-state index >= 15 is 0 Å². The first-order valence-electron chi connectivity index (χ1n) is 11.7. The van der Waals surface area contributed by atoms with Crippen molar-refractivity contribution in [2.45, 2.75) is 12.8 Å². The third kappa shape index (κ3) is 7.13. The Labute approximate surface area is 227 Å². The molecule has 0 spiro atoms. The second-order valence-corrected chi connectivity index (χ2v) is 10.2. The zero-order valence-electron chi connectivity index (χ0n) is 19.3. The molecule has 2 aliphatic heterocycles. The number of allylic oxidation sites excluding steroid dienone is 1. The van der Waals surface area contributed by atoms with Crippen molar-refractivity contribution in [1.82, 2.24) is 10.2 Å². The number of rotatable bonds is 7. The Morgan fingerprint density at radius 2 is 1.26 bits per heavy atom. The zero-order chi connectivity index (χ0) is 24.6. The summed E-state index contributed by atoms with van der Waals surface area (Å²) < 4.78 is 11.1. The molecule has 0 aromatic heterocycles. The van der Waals surface area contributed by atoms with Gasteiger partial charge < -0.3 is 19.7 Å². The number of hydrogen-bond acceptors (Lipinski definition) is 5. The summed E-state index contributed by atoms with van der Waals surface area (Å²) in [5.41, 5.74) is 3.91. The van der Waals surface area contributed by atoms with Crippen LogP contribution in [0.1, 0.15) is 24.0 Å². The molecule has 0 radical (unpaired) electrons. The van der Waals surface area contributed by atoms with Crippen LogP contribution in [0.3, 0.4) is 0 Å². The number of halogens is 2. The van der Waals surface area contributed by atoms with Crippen LogP contribution in [0, 0.1) is 5.92 Å². The van der Waals surface area contributed by atoms with E-state index in [1.165, 1.54) is 0 Å². The van der Waals surface area contributed by atoms with Crippen molar-refractivity contribution in [1.29, 1.82) is 0 Å². The number of nitrogens with zero attached hydrogens (tertiary/aromatic N) is 1. The Hall–Kier alpha value is -1.80. The summed E-state index contributed by atoms with van der Waals surface area (Å²) in [6.45, 7) is 4.34. The zero-order valence-corrected chi connectivity index (χ0v) is 22.5. The third-order valence-corrected chi connectivity index (χ3v) is 7.69. The second-order valence-electron chi connectivity index (χ2n) is 8.45. The van der Waals surface area contributed by atoms with E-state index in [-0.39, 0.29) is 0 Å². The average Bonchev–Trinajstić information content (AvgIpc) is 2.90. The van der Waals surface area contributed by atoms with E-state index in [2.05, 4.69) is 10.2 Å². The maximum Gasteiger partial charge on any atom is 0.111 e. The number of hydrogen-bond donors (Lipinski definition) is 1. The van der Waals surface area contributed by atoms with E-state index in [1.54, 1.807) is 0 Å². The topological polar surface area (TPSA) is 33.7 Å². The maximum absolute atomic E-state index is 6.15. The highest BCUT2D eigenvalue weighted by molar-refractivity contribution is 7.81. The molecule has 2 aromatic carbocycles. The van der Waals surface area contributed by atoms with Crippen LogP contribution in [0.2, 0.25) is 10.0 Å². The molecule has 0 bridgehead atoms. The predicted molar refractivity (Wildman–Crippen MR) is 153 cm³/mol. The largest absolute Gasteiger partial charge is 0.381 e. The first-order chi connectivity index (χ1) is 17.0. The molecule has 0 atom stereocenters. The number of thiocarbonyl (C=S) groups is 2. The van der Waals surface area contributed by atoms with Crippen molar-refractivity contribution in [3.8, 4) is 0 Å². The molecule has 1 N–H and O–H groups in total. The van der Waals surface area contributed by atoms with Gasteiger partial charge >= 0.3 is 0 Å². The fraction of sp³-hybridized carbons (Fsp3) is 0.333. The Bertz CT molecular complexity index is 1000. The highest BCUT2D eigenvalue weighted by atomic mass is 35.5. The molecule has 2 aromatic rings. The minimum Gasteiger partial charge on any atom is -0.381 e. The lowest BCUT2D eigenvalue weighted by Gasteiger charge is -2.30. The Morgan fingerprint density at radius 1 is 0.771 bits per heavy atom. The fourth-order valence-electron chi connectivity index (χ4n) is 4.15. The number of ether oxygens (including phenoxy) is 2. The number of nitrogens with one attached hydrogen (secondary N) is 1. The van der Waals surface area contributed by atoms with E-state index < -0.39 is 0 Å². The van der Waals surface area contributed by atoms with Crippen molar-refractivity contribution < 1.29 is 9.47 Å². The second kappa shape index (κ2) is 12.9. The lowest BCUT2D eigenvalue weighted by molar-refractivity contribution is 0.0696. The Morgan fingerprint density at radius 3 is 1.83 bits per heavy atom. The van der Waals surface area contributed by atoms with Crippen LogP contribution in [0.4, 0.5) is 0 Å². The average molecular weight is 548 g/mol. The van der Waals surface area contributed by atoms with Gasteiger partial charge in [0, 0.05) is 64.8 Å². The minimum atomic E-state index is 0.302. The molecular weight excluding hydrogens is 519 g/mol. The predicted octanol–water partition coefficient (Wildman–Crippen LogP) is 6.42. The molecule has 0 unspecified atom stereocenters. The summed E-state index contributed by atoms with van der Waals surface area (Å²) >= 11 is 24.2. The lowest BCUT2D eigenvalue weighted by atomic mass is 9.89. The van der Waals surface area contributed by atoms with Crippen molar-refractivity contribution in [2.75, 3.05) is 39.5 Å². The van der Waals surface area contributed by atoms with Crippen LogP contribution in [0.15, 0.2) is 60.9 Å². The van der Waals surface area contributed by atoms with Crippen molar-refractivity contribution in [3.05, 3.63) is 82.1 Å². The number of morpholine rings is 1. The molecule has 0 saturated carbocycles. The first kappa shape index (κ1) is 26.3. The molecule has 8 heteroatoms. The van der Waals surface area contributed by atoms with Gasteiger partial charge in [0.1, 0.15) is 4.99 Å². The molecule has 4 rings (SSSR count). The van der Waals surface area contributed by atoms with E-state index in [9.17, 15) is 0 Å². The molecular formula is C27H28Cl2N2O2S2. The van der Waals surface area contributed by atoms with Gasteiger partial charge in [-0.25, -0.2) is 0 Å². The van der Waals surface area contributed by atoms with Gasteiger partial charge in [-0.2, -0.15) is 0 Å². The molecule has 4 nitrogen and oxygen atoms in total. The first-order valence-corrected chi connectivity index (χ1v) is 13.3. The highest BCUT2D eigenvalue weighted by Gasteiger charge is 2.22. The van der Waals surface area contributed by atoms with Gasteiger partial charge in [0.05, 0.1) is 13.2 Å². The summed E-state index contributed by atoms with van der Waals surface area (Å²) in [4.78, 5) is 3.88. The molecule has 0 amide bonds. The summed E-state index contributed by atoms with van der Waals surface area (Å²) in [6.07, 6.45) is 5.77. The van der Waals surface area contributed by atoms with Gasteiger partial charge in [-0.3, -0.25) is 0 Å². The summed E-state index contributed by atoms with van der Waals surface area (Å²) in [5.74, 6) is 0.302. The molecule has 2 fully saturated rings. The standard InChI is InChI=1S/C27H28Cl2N2O2S2/c28-22-5-1-19(2-6-22)24(26(34)21-9-13-32-14-10-21)17-30-18-25(20-3-7-23(29)8-4-20)27(35)31-11-15-33-16-12-31/h1-8,17-18,21,30H,9-16H2/b24-17+,25-18+. The SMILES string of the molecule is S=C(/C(=C/N/C=C(/C(=S)N1CCOCC1)c1ccc(Cl)cc1)c1ccc(Cl)cc1)C1CCOCC1. The maximum atomic E-state index is 6.15. The quantitative estimate of drug-likeness (QED) is 0.318. The molecule has 35 heavy (non-hydrogen) atoms. The Balaban J connectivity index is 1.65. The van der Waals surface area contributed by atoms with Gasteiger partial charge in [-0.1, -0.05) is 71.9 Å². The van der Waals surface area contributed by atoms with Gasteiger partial charge in [-0.15, -0.1) is 0 Å². The van der Waals surface area contributed by atoms with Crippen molar-refractivity contribution in [3.63, 3.8) is 0 Å². The van der Waals surface area contributed by atoms with E-state index in [0.29, 0.717) is 29.2 Å². The highest BCUT2D eigenvalue weighted by Crippen LogP contribution is 2.28. The molecule has 2 aliphatic rings. The molecule has 2 heterocycles. The van der Waals surface area contributed by atoms with Gasteiger partial charge in [-0.05, 0) is 54.2 Å². The van der Waals surface area contributed by atoms with Gasteiger partial charge in [0.25, 0.3) is 0 Å².